The number of likely N-dealkylation sites (N-methyl/N-ethyl adjacent to an activating group) is 1. The van der Waals surface area contributed by atoms with Crippen LogP contribution in [-0.2, 0) is 9.47 Å². The van der Waals surface area contributed by atoms with Crippen LogP contribution in [0.1, 0.15) is 78.1 Å². The van der Waals surface area contributed by atoms with Gasteiger partial charge in [-0.25, -0.2) is 0 Å². The zero-order chi connectivity index (χ0) is 15.4. The van der Waals surface area contributed by atoms with Gasteiger partial charge in [-0.05, 0) is 13.0 Å². The molecule has 0 amide bonds. The Balaban J connectivity index is 2.31. The fourth-order valence-corrected chi connectivity index (χ4v) is 3.51. The van der Waals surface area contributed by atoms with Crippen LogP contribution < -0.4 is 5.32 Å². The number of hydrogen-bond donors (Lipinski definition) is 1. The van der Waals surface area contributed by atoms with E-state index in [0.717, 1.165) is 32.6 Å². The van der Waals surface area contributed by atoms with E-state index in [-0.39, 0.29) is 5.60 Å². The first-order chi connectivity index (χ1) is 10.3. The van der Waals surface area contributed by atoms with Crippen molar-refractivity contribution in [2.75, 3.05) is 26.9 Å². The Morgan fingerprint density at radius 1 is 1.00 bits per heavy atom. The van der Waals surface area contributed by atoms with E-state index in [1.807, 2.05) is 7.11 Å². The normalized spacial score (nSPS) is 19.6. The summed E-state index contributed by atoms with van der Waals surface area (Å²) in [5, 5.41) is 3.67. The molecule has 3 heteroatoms. The first-order valence-corrected chi connectivity index (χ1v) is 9.15. The topological polar surface area (TPSA) is 30.5 Å². The monoisotopic (exact) mass is 299 g/mol. The molecule has 0 aliphatic carbocycles. The van der Waals surface area contributed by atoms with Crippen molar-refractivity contribution in [2.45, 2.75) is 89.7 Å². The maximum absolute atomic E-state index is 5.96. The van der Waals surface area contributed by atoms with Gasteiger partial charge in [0.2, 0.25) is 0 Å². The molecule has 1 N–H and O–H groups in total. The summed E-state index contributed by atoms with van der Waals surface area (Å²) in [5.41, 5.74) is -0.00350. The van der Waals surface area contributed by atoms with Crippen molar-refractivity contribution in [1.82, 2.24) is 5.32 Å². The van der Waals surface area contributed by atoms with Gasteiger partial charge in [0.25, 0.3) is 0 Å². The van der Waals surface area contributed by atoms with Crippen LogP contribution in [0.4, 0.5) is 0 Å². The van der Waals surface area contributed by atoms with Gasteiger partial charge in [0, 0.05) is 39.2 Å². The lowest BCUT2D eigenvalue weighted by molar-refractivity contribution is -0.111. The van der Waals surface area contributed by atoms with E-state index in [1.54, 1.807) is 0 Å². The summed E-state index contributed by atoms with van der Waals surface area (Å²) < 4.78 is 11.5. The average molecular weight is 299 g/mol. The highest BCUT2D eigenvalue weighted by Gasteiger charge is 2.39. The number of rotatable bonds is 12. The van der Waals surface area contributed by atoms with Crippen LogP contribution in [0.2, 0.25) is 0 Å². The SMILES string of the molecule is CCCCCCCCCC(NCC)C1(OC)CCOCC1. The van der Waals surface area contributed by atoms with Gasteiger partial charge in [-0.1, -0.05) is 58.8 Å². The highest BCUT2D eigenvalue weighted by Crippen LogP contribution is 2.31. The van der Waals surface area contributed by atoms with Crippen molar-refractivity contribution in [3.05, 3.63) is 0 Å². The second-order valence-corrected chi connectivity index (χ2v) is 6.40. The molecule has 3 nitrogen and oxygen atoms in total. The fraction of sp³-hybridized carbons (Fsp3) is 1.00. The Labute approximate surface area is 132 Å². The van der Waals surface area contributed by atoms with E-state index < -0.39 is 0 Å². The van der Waals surface area contributed by atoms with E-state index >= 15 is 0 Å². The minimum atomic E-state index is -0.00350. The highest BCUT2D eigenvalue weighted by atomic mass is 16.5. The third kappa shape index (κ3) is 6.66. The minimum Gasteiger partial charge on any atom is -0.381 e. The van der Waals surface area contributed by atoms with Gasteiger partial charge >= 0.3 is 0 Å². The molecular weight excluding hydrogens is 262 g/mol. The standard InChI is InChI=1S/C18H37NO2/c1-4-6-7-8-9-10-11-12-17(19-5-2)18(20-3)13-15-21-16-14-18/h17,19H,4-16H2,1-3H3. The second kappa shape index (κ2) is 11.4. The molecule has 1 unspecified atom stereocenters. The quantitative estimate of drug-likeness (QED) is 0.545. The smallest absolute Gasteiger partial charge is 0.0874 e. The zero-order valence-corrected chi connectivity index (χ0v) is 14.6. The maximum atomic E-state index is 5.96. The van der Waals surface area contributed by atoms with Gasteiger partial charge in [0.1, 0.15) is 0 Å². The molecule has 0 saturated carbocycles. The van der Waals surface area contributed by atoms with Gasteiger partial charge < -0.3 is 14.8 Å². The molecule has 0 aromatic rings. The van der Waals surface area contributed by atoms with E-state index in [0.29, 0.717) is 6.04 Å². The largest absolute Gasteiger partial charge is 0.381 e. The van der Waals surface area contributed by atoms with Gasteiger partial charge in [-0.3, -0.25) is 0 Å². The van der Waals surface area contributed by atoms with Crippen molar-refractivity contribution < 1.29 is 9.47 Å². The predicted molar refractivity (Wildman–Crippen MR) is 89.9 cm³/mol. The Morgan fingerprint density at radius 2 is 1.62 bits per heavy atom. The summed E-state index contributed by atoms with van der Waals surface area (Å²) in [7, 11) is 1.88. The van der Waals surface area contributed by atoms with Gasteiger partial charge in [0.05, 0.1) is 5.60 Å². The van der Waals surface area contributed by atoms with Crippen LogP contribution in [0.5, 0.6) is 0 Å². The lowest BCUT2D eigenvalue weighted by Crippen LogP contribution is -2.55. The van der Waals surface area contributed by atoms with E-state index in [9.17, 15) is 0 Å². The lowest BCUT2D eigenvalue weighted by atomic mass is 9.83. The second-order valence-electron chi connectivity index (χ2n) is 6.40. The number of hydrogen-bond acceptors (Lipinski definition) is 3. The molecule has 1 fully saturated rings. The molecule has 0 bridgehead atoms. The van der Waals surface area contributed by atoms with Crippen molar-refractivity contribution in [3.63, 3.8) is 0 Å². The zero-order valence-electron chi connectivity index (χ0n) is 14.6. The number of ether oxygens (including phenoxy) is 2. The van der Waals surface area contributed by atoms with Crippen molar-refractivity contribution in [2.24, 2.45) is 0 Å². The molecule has 126 valence electrons. The van der Waals surface area contributed by atoms with E-state index in [2.05, 4.69) is 19.2 Å². The van der Waals surface area contributed by atoms with Crippen molar-refractivity contribution in [1.29, 1.82) is 0 Å². The van der Waals surface area contributed by atoms with Crippen molar-refractivity contribution in [3.8, 4) is 0 Å². The van der Waals surface area contributed by atoms with Crippen LogP contribution in [-0.4, -0.2) is 38.5 Å². The molecule has 1 atom stereocenters. The molecule has 1 aliphatic heterocycles. The van der Waals surface area contributed by atoms with E-state index in [1.165, 1.54) is 51.4 Å². The number of methoxy groups -OCH3 is 1. The minimum absolute atomic E-state index is 0.00350. The average Bonchev–Trinajstić information content (AvgIpc) is 2.53. The molecule has 0 spiro atoms. The summed E-state index contributed by atoms with van der Waals surface area (Å²) in [6, 6.07) is 0.479. The third-order valence-electron chi connectivity index (χ3n) is 4.93. The summed E-state index contributed by atoms with van der Waals surface area (Å²) in [4.78, 5) is 0. The molecular formula is C18H37NO2. The van der Waals surface area contributed by atoms with E-state index in [4.69, 9.17) is 9.47 Å². The molecule has 0 radical (unpaired) electrons. The molecule has 0 aromatic heterocycles. The summed E-state index contributed by atoms with van der Waals surface area (Å²) in [6.45, 7) is 7.17. The molecule has 1 saturated heterocycles. The number of unbranched alkanes of at least 4 members (excludes halogenated alkanes) is 6. The summed E-state index contributed by atoms with van der Waals surface area (Å²) >= 11 is 0. The predicted octanol–water partition coefficient (Wildman–Crippen LogP) is 4.30. The fourth-order valence-electron chi connectivity index (χ4n) is 3.51. The van der Waals surface area contributed by atoms with Crippen LogP contribution in [0, 0.1) is 0 Å². The Hall–Kier alpha value is -0.120. The van der Waals surface area contributed by atoms with Crippen LogP contribution >= 0.6 is 0 Å². The lowest BCUT2D eigenvalue weighted by Gasteiger charge is -2.42. The first-order valence-electron chi connectivity index (χ1n) is 9.15. The summed E-state index contributed by atoms with van der Waals surface area (Å²) in [5.74, 6) is 0. The van der Waals surface area contributed by atoms with Gasteiger partial charge in [-0.15, -0.1) is 0 Å². The van der Waals surface area contributed by atoms with Gasteiger partial charge in [-0.2, -0.15) is 0 Å². The highest BCUT2D eigenvalue weighted by molar-refractivity contribution is 4.94. The van der Waals surface area contributed by atoms with Crippen LogP contribution in [0.15, 0.2) is 0 Å². The number of nitrogens with one attached hydrogen (secondary N) is 1. The Morgan fingerprint density at radius 3 is 2.19 bits per heavy atom. The molecule has 21 heavy (non-hydrogen) atoms. The first kappa shape index (κ1) is 18.9. The molecule has 0 aromatic carbocycles. The summed E-state index contributed by atoms with van der Waals surface area (Å²) in [6.07, 6.45) is 12.9. The van der Waals surface area contributed by atoms with Gasteiger partial charge in [0.15, 0.2) is 0 Å². The van der Waals surface area contributed by atoms with Crippen LogP contribution in [0.25, 0.3) is 0 Å². The molecule has 1 aliphatic rings. The maximum Gasteiger partial charge on any atom is 0.0874 e. The Kier molecular flexibility index (Phi) is 10.3. The Bertz CT molecular complexity index is 239. The molecule has 1 rings (SSSR count). The van der Waals surface area contributed by atoms with Crippen LogP contribution in [0.3, 0.4) is 0 Å². The van der Waals surface area contributed by atoms with Crippen molar-refractivity contribution >= 4 is 0 Å². The molecule has 1 heterocycles. The third-order valence-corrected chi connectivity index (χ3v) is 4.93.